The number of ether oxygens (including phenoxy) is 1. The third-order valence-corrected chi connectivity index (χ3v) is 5.23. The van der Waals surface area contributed by atoms with E-state index in [-0.39, 0.29) is 0 Å². The molecule has 0 aliphatic carbocycles. The fourth-order valence-corrected chi connectivity index (χ4v) is 3.42. The van der Waals surface area contributed by atoms with Crippen LogP contribution in [0.25, 0.3) is 0 Å². The number of hydrogen-bond donors (Lipinski definition) is 2. The molecule has 2 heterocycles. The van der Waals surface area contributed by atoms with E-state index in [0.717, 1.165) is 45.4 Å². The van der Waals surface area contributed by atoms with Crippen LogP contribution in [-0.4, -0.2) is 63.8 Å². The van der Waals surface area contributed by atoms with Gasteiger partial charge in [0.25, 0.3) is 0 Å². The van der Waals surface area contributed by atoms with Crippen LogP contribution in [0.15, 0.2) is 22.5 Å². The molecule has 23 heavy (non-hydrogen) atoms. The lowest BCUT2D eigenvalue weighted by atomic mass is 10.1. The highest BCUT2D eigenvalue weighted by atomic mass is 32.1. The molecule has 0 radical (unpaired) electrons. The molecule has 0 saturated carbocycles. The van der Waals surface area contributed by atoms with Gasteiger partial charge in [-0.15, -0.1) is 11.3 Å². The van der Waals surface area contributed by atoms with Gasteiger partial charge in [0, 0.05) is 44.0 Å². The Bertz CT molecular complexity index is 443. The van der Waals surface area contributed by atoms with Crippen LogP contribution in [-0.2, 0) is 4.74 Å². The molecule has 1 aliphatic heterocycles. The van der Waals surface area contributed by atoms with Crippen LogP contribution in [0.1, 0.15) is 30.6 Å². The van der Waals surface area contributed by atoms with Crippen molar-refractivity contribution in [1.82, 2.24) is 15.5 Å². The molecule has 1 aliphatic rings. The van der Waals surface area contributed by atoms with Crippen LogP contribution < -0.4 is 10.6 Å². The molecule has 6 heteroatoms. The van der Waals surface area contributed by atoms with E-state index >= 15 is 0 Å². The Morgan fingerprint density at radius 1 is 1.35 bits per heavy atom. The maximum Gasteiger partial charge on any atom is 0.190 e. The van der Waals surface area contributed by atoms with Gasteiger partial charge in [0.2, 0.25) is 0 Å². The van der Waals surface area contributed by atoms with Gasteiger partial charge in [-0.3, -0.25) is 9.89 Å². The summed E-state index contributed by atoms with van der Waals surface area (Å²) in [5.41, 5.74) is 0. The minimum absolute atomic E-state index is 0.509. The van der Waals surface area contributed by atoms with Crippen LogP contribution >= 0.6 is 11.3 Å². The lowest BCUT2D eigenvalue weighted by Gasteiger charge is -2.26. The third-order valence-electron chi connectivity index (χ3n) is 4.13. The first-order valence-corrected chi connectivity index (χ1v) is 9.45. The Kier molecular flexibility index (Phi) is 8.42. The maximum atomic E-state index is 5.37. The van der Waals surface area contributed by atoms with Crippen molar-refractivity contribution in [2.75, 3.05) is 53.0 Å². The van der Waals surface area contributed by atoms with E-state index in [1.807, 2.05) is 18.4 Å². The van der Waals surface area contributed by atoms with Gasteiger partial charge >= 0.3 is 0 Å². The summed E-state index contributed by atoms with van der Waals surface area (Å²) in [5.74, 6) is 1.41. The van der Waals surface area contributed by atoms with Crippen molar-refractivity contribution in [3.05, 3.63) is 22.4 Å². The highest BCUT2D eigenvalue weighted by molar-refractivity contribution is 7.10. The summed E-state index contributed by atoms with van der Waals surface area (Å²) >= 11 is 1.81. The molecule has 130 valence electrons. The van der Waals surface area contributed by atoms with Crippen molar-refractivity contribution >= 4 is 17.3 Å². The molecular weight excluding hydrogens is 308 g/mol. The highest BCUT2D eigenvalue weighted by Gasteiger charge is 2.09. The Balaban J connectivity index is 1.54. The predicted molar refractivity (Wildman–Crippen MR) is 98.6 cm³/mol. The van der Waals surface area contributed by atoms with Crippen LogP contribution in [0.5, 0.6) is 0 Å². The molecule has 0 spiro atoms. The SMILES string of the molecule is CN=C(NCCCCN1CCOCC1)NCC(C)c1cccs1. The van der Waals surface area contributed by atoms with Crippen molar-refractivity contribution in [3.8, 4) is 0 Å². The monoisotopic (exact) mass is 338 g/mol. The molecular formula is C17H30N4OS. The van der Waals surface area contributed by atoms with Crippen LogP contribution in [0, 0.1) is 0 Å². The minimum atomic E-state index is 0.509. The van der Waals surface area contributed by atoms with E-state index in [1.165, 1.54) is 24.3 Å². The summed E-state index contributed by atoms with van der Waals surface area (Å²) in [4.78, 5) is 8.20. The van der Waals surface area contributed by atoms with Crippen molar-refractivity contribution in [2.45, 2.75) is 25.7 Å². The molecule has 1 aromatic heterocycles. The largest absolute Gasteiger partial charge is 0.379 e. The Hall–Kier alpha value is -1.11. The number of guanidine groups is 1. The van der Waals surface area contributed by atoms with E-state index in [4.69, 9.17) is 4.74 Å². The summed E-state index contributed by atoms with van der Waals surface area (Å²) in [7, 11) is 1.83. The average molecular weight is 339 g/mol. The highest BCUT2D eigenvalue weighted by Crippen LogP contribution is 2.19. The Labute approximate surface area is 144 Å². The van der Waals surface area contributed by atoms with Crippen LogP contribution in [0.2, 0.25) is 0 Å². The maximum absolute atomic E-state index is 5.37. The summed E-state index contributed by atoms with van der Waals surface area (Å²) in [6, 6.07) is 4.30. The Morgan fingerprint density at radius 2 is 2.17 bits per heavy atom. The average Bonchev–Trinajstić information content (AvgIpc) is 3.12. The molecule has 1 fully saturated rings. The summed E-state index contributed by atoms with van der Waals surface area (Å²) in [6.07, 6.45) is 2.38. The minimum Gasteiger partial charge on any atom is -0.379 e. The third kappa shape index (κ3) is 6.89. The fraction of sp³-hybridized carbons (Fsp3) is 0.706. The summed E-state index contributed by atoms with van der Waals surface area (Å²) in [5, 5.41) is 8.96. The number of aliphatic imine (C=N–C) groups is 1. The predicted octanol–water partition coefficient (Wildman–Crippen LogP) is 2.13. The number of nitrogens with one attached hydrogen (secondary N) is 2. The normalized spacial score (nSPS) is 17.9. The van der Waals surface area contributed by atoms with E-state index in [9.17, 15) is 0 Å². The standard InChI is InChI=1S/C17H30N4OS/c1-15(16-6-5-13-23-16)14-20-17(18-2)19-7-3-4-8-21-9-11-22-12-10-21/h5-6,13,15H,3-4,7-12,14H2,1-2H3,(H2,18,19,20). The molecule has 5 nitrogen and oxygen atoms in total. The van der Waals surface area contributed by atoms with Crippen LogP contribution in [0.3, 0.4) is 0 Å². The second kappa shape index (κ2) is 10.6. The van der Waals surface area contributed by atoms with E-state index in [2.05, 4.69) is 45.0 Å². The van der Waals surface area contributed by atoms with Gasteiger partial charge in [0.05, 0.1) is 13.2 Å². The molecule has 0 bridgehead atoms. The molecule has 0 amide bonds. The van der Waals surface area contributed by atoms with Gasteiger partial charge in [0.15, 0.2) is 5.96 Å². The number of nitrogens with zero attached hydrogens (tertiary/aromatic N) is 2. The molecule has 1 saturated heterocycles. The summed E-state index contributed by atoms with van der Waals surface area (Å²) in [6.45, 7) is 9.23. The molecule has 2 N–H and O–H groups in total. The van der Waals surface area contributed by atoms with Gasteiger partial charge in [-0.1, -0.05) is 13.0 Å². The van der Waals surface area contributed by atoms with Crippen molar-refractivity contribution in [3.63, 3.8) is 0 Å². The zero-order valence-electron chi connectivity index (χ0n) is 14.4. The van der Waals surface area contributed by atoms with Crippen molar-refractivity contribution in [2.24, 2.45) is 4.99 Å². The molecule has 1 aromatic rings. The first-order chi connectivity index (χ1) is 11.3. The van der Waals surface area contributed by atoms with E-state index in [0.29, 0.717) is 5.92 Å². The first-order valence-electron chi connectivity index (χ1n) is 8.57. The lowest BCUT2D eigenvalue weighted by Crippen LogP contribution is -2.40. The second-order valence-electron chi connectivity index (χ2n) is 5.96. The number of morpholine rings is 1. The first kappa shape index (κ1) is 18.2. The molecule has 1 unspecified atom stereocenters. The zero-order chi connectivity index (χ0) is 16.3. The van der Waals surface area contributed by atoms with Crippen molar-refractivity contribution in [1.29, 1.82) is 0 Å². The fourth-order valence-electron chi connectivity index (χ4n) is 2.63. The molecule has 2 rings (SSSR count). The number of thiophene rings is 1. The number of unbranched alkanes of at least 4 members (excludes halogenated alkanes) is 1. The summed E-state index contributed by atoms with van der Waals surface area (Å²) < 4.78 is 5.37. The smallest absolute Gasteiger partial charge is 0.190 e. The molecule has 1 atom stereocenters. The second-order valence-corrected chi connectivity index (χ2v) is 6.94. The topological polar surface area (TPSA) is 48.9 Å². The number of hydrogen-bond acceptors (Lipinski definition) is 4. The molecule has 0 aromatic carbocycles. The Morgan fingerprint density at radius 3 is 2.87 bits per heavy atom. The van der Waals surface area contributed by atoms with Gasteiger partial charge in [0.1, 0.15) is 0 Å². The van der Waals surface area contributed by atoms with Gasteiger partial charge in [-0.05, 0) is 30.8 Å². The number of rotatable bonds is 8. The van der Waals surface area contributed by atoms with E-state index in [1.54, 1.807) is 0 Å². The van der Waals surface area contributed by atoms with Gasteiger partial charge in [-0.25, -0.2) is 0 Å². The van der Waals surface area contributed by atoms with Crippen LogP contribution in [0.4, 0.5) is 0 Å². The van der Waals surface area contributed by atoms with Gasteiger partial charge < -0.3 is 15.4 Å². The van der Waals surface area contributed by atoms with Crippen molar-refractivity contribution < 1.29 is 4.74 Å². The lowest BCUT2D eigenvalue weighted by molar-refractivity contribution is 0.0372. The van der Waals surface area contributed by atoms with E-state index < -0.39 is 0 Å². The zero-order valence-corrected chi connectivity index (χ0v) is 15.2. The van der Waals surface area contributed by atoms with Gasteiger partial charge in [-0.2, -0.15) is 0 Å². The quantitative estimate of drug-likeness (QED) is 0.433.